The number of amides is 2. The number of primary amides is 2. The lowest BCUT2D eigenvalue weighted by atomic mass is 10.00. The van der Waals surface area contributed by atoms with Crippen LogP contribution in [0.4, 0.5) is 5.69 Å². The monoisotopic (exact) mass is 289 g/mol. The second-order valence-electron chi connectivity index (χ2n) is 5.77. The van der Waals surface area contributed by atoms with Crippen molar-refractivity contribution in [1.29, 1.82) is 0 Å². The molecule has 114 valence electrons. The Balaban J connectivity index is 2.07. The summed E-state index contributed by atoms with van der Waals surface area (Å²) in [4.78, 5) is 22.6. The molecule has 0 atom stereocenters. The summed E-state index contributed by atoms with van der Waals surface area (Å²) in [6, 6.07) is 4.78. The van der Waals surface area contributed by atoms with Crippen LogP contribution < -0.4 is 16.8 Å². The molecule has 2 amide bonds. The maximum Gasteiger partial charge on any atom is 0.248 e. The lowest BCUT2D eigenvalue weighted by Gasteiger charge is -2.16. The van der Waals surface area contributed by atoms with E-state index in [1.807, 2.05) is 0 Å². The van der Waals surface area contributed by atoms with Gasteiger partial charge in [0.25, 0.3) is 0 Å². The molecule has 0 heterocycles. The minimum absolute atomic E-state index is 0.301. The van der Waals surface area contributed by atoms with Crippen LogP contribution in [0.3, 0.4) is 0 Å². The van der Waals surface area contributed by atoms with E-state index in [1.165, 1.54) is 44.6 Å². The fraction of sp³-hybridized carbons (Fsp3) is 0.500. The zero-order valence-corrected chi connectivity index (χ0v) is 12.2. The first-order chi connectivity index (χ1) is 10.1. The second kappa shape index (κ2) is 7.11. The first kappa shape index (κ1) is 15.4. The van der Waals surface area contributed by atoms with E-state index in [9.17, 15) is 9.59 Å². The van der Waals surface area contributed by atoms with Gasteiger partial charge in [0.2, 0.25) is 11.8 Å². The Morgan fingerprint density at radius 1 is 0.952 bits per heavy atom. The third-order valence-electron chi connectivity index (χ3n) is 4.07. The zero-order valence-electron chi connectivity index (χ0n) is 12.2. The summed E-state index contributed by atoms with van der Waals surface area (Å²) >= 11 is 0. The van der Waals surface area contributed by atoms with Gasteiger partial charge in [0.1, 0.15) is 0 Å². The summed E-state index contributed by atoms with van der Waals surface area (Å²) in [5, 5.41) is 3.32. The third kappa shape index (κ3) is 4.48. The quantitative estimate of drug-likeness (QED) is 0.725. The van der Waals surface area contributed by atoms with Crippen LogP contribution in [0.5, 0.6) is 0 Å². The molecule has 1 aromatic carbocycles. The van der Waals surface area contributed by atoms with Gasteiger partial charge in [-0.2, -0.15) is 0 Å². The zero-order chi connectivity index (χ0) is 15.2. The minimum atomic E-state index is -0.560. The molecular formula is C16H23N3O2. The average Bonchev–Trinajstić information content (AvgIpc) is 2.73. The number of hydrogen-bond donors (Lipinski definition) is 3. The van der Waals surface area contributed by atoms with Crippen molar-refractivity contribution in [2.24, 2.45) is 17.4 Å². The van der Waals surface area contributed by atoms with Crippen molar-refractivity contribution < 1.29 is 9.59 Å². The number of hydrogen-bond acceptors (Lipinski definition) is 3. The summed E-state index contributed by atoms with van der Waals surface area (Å²) in [5.74, 6) is -0.479. The molecule has 0 bridgehead atoms. The second-order valence-corrected chi connectivity index (χ2v) is 5.77. The molecule has 0 aromatic heterocycles. The molecule has 21 heavy (non-hydrogen) atoms. The Morgan fingerprint density at radius 3 is 1.95 bits per heavy atom. The summed E-state index contributed by atoms with van der Waals surface area (Å²) in [6.07, 6.45) is 7.65. The van der Waals surface area contributed by atoms with Gasteiger partial charge in [-0.25, -0.2) is 0 Å². The van der Waals surface area contributed by atoms with Crippen LogP contribution >= 0.6 is 0 Å². The SMILES string of the molecule is NC(=O)c1cc(NCC2CCCCCC2)cc(C(N)=O)c1. The predicted molar refractivity (Wildman–Crippen MR) is 83.2 cm³/mol. The molecule has 0 radical (unpaired) electrons. The van der Waals surface area contributed by atoms with Crippen LogP contribution in [-0.2, 0) is 0 Å². The normalized spacial score (nSPS) is 16.2. The molecule has 5 N–H and O–H groups in total. The van der Waals surface area contributed by atoms with Crippen LogP contribution in [-0.4, -0.2) is 18.4 Å². The highest BCUT2D eigenvalue weighted by molar-refractivity contribution is 5.99. The molecule has 1 fully saturated rings. The molecule has 0 aliphatic heterocycles. The number of nitrogens with one attached hydrogen (secondary N) is 1. The average molecular weight is 289 g/mol. The summed E-state index contributed by atoms with van der Waals surface area (Å²) in [7, 11) is 0. The first-order valence-electron chi connectivity index (χ1n) is 7.55. The molecular weight excluding hydrogens is 266 g/mol. The van der Waals surface area contributed by atoms with Gasteiger partial charge >= 0.3 is 0 Å². The molecule has 2 rings (SSSR count). The molecule has 0 unspecified atom stereocenters. The van der Waals surface area contributed by atoms with Gasteiger partial charge in [0.05, 0.1) is 0 Å². The Hall–Kier alpha value is -2.04. The summed E-state index contributed by atoms with van der Waals surface area (Å²) in [6.45, 7) is 0.848. The van der Waals surface area contributed by atoms with Gasteiger partial charge in [-0.05, 0) is 37.0 Å². The summed E-state index contributed by atoms with van der Waals surface area (Å²) < 4.78 is 0. The lowest BCUT2D eigenvalue weighted by Crippen LogP contribution is -2.18. The first-order valence-corrected chi connectivity index (χ1v) is 7.55. The van der Waals surface area contributed by atoms with E-state index in [0.29, 0.717) is 17.0 Å². The highest BCUT2D eigenvalue weighted by atomic mass is 16.1. The van der Waals surface area contributed by atoms with Gasteiger partial charge in [-0.1, -0.05) is 25.7 Å². The van der Waals surface area contributed by atoms with Crippen molar-refractivity contribution >= 4 is 17.5 Å². The van der Waals surface area contributed by atoms with E-state index < -0.39 is 11.8 Å². The molecule has 5 nitrogen and oxygen atoms in total. The molecule has 0 saturated heterocycles. The topological polar surface area (TPSA) is 98.2 Å². The molecule has 1 aromatic rings. The van der Waals surface area contributed by atoms with E-state index in [-0.39, 0.29) is 0 Å². The van der Waals surface area contributed by atoms with Gasteiger partial charge in [-0.15, -0.1) is 0 Å². The van der Waals surface area contributed by atoms with Crippen molar-refractivity contribution in [1.82, 2.24) is 0 Å². The molecule has 0 spiro atoms. The lowest BCUT2D eigenvalue weighted by molar-refractivity contribution is 0.0999. The standard InChI is InChI=1S/C16H23N3O2/c17-15(20)12-7-13(16(18)21)9-14(8-12)19-10-11-5-3-1-2-4-6-11/h7-9,11,19H,1-6,10H2,(H2,17,20)(H2,18,21). The largest absolute Gasteiger partial charge is 0.385 e. The molecule has 1 saturated carbocycles. The fourth-order valence-corrected chi connectivity index (χ4v) is 2.84. The van der Waals surface area contributed by atoms with Crippen molar-refractivity contribution in [2.45, 2.75) is 38.5 Å². The number of carbonyl (C=O) groups excluding carboxylic acids is 2. The number of benzene rings is 1. The van der Waals surface area contributed by atoms with Crippen molar-refractivity contribution in [3.8, 4) is 0 Å². The molecule has 1 aliphatic carbocycles. The van der Waals surface area contributed by atoms with Gasteiger partial charge in [0, 0.05) is 23.4 Å². The number of carbonyl (C=O) groups is 2. The van der Waals surface area contributed by atoms with E-state index >= 15 is 0 Å². The van der Waals surface area contributed by atoms with Crippen molar-refractivity contribution in [3.05, 3.63) is 29.3 Å². The minimum Gasteiger partial charge on any atom is -0.385 e. The van der Waals surface area contributed by atoms with E-state index in [0.717, 1.165) is 12.2 Å². The Labute approximate surface area is 125 Å². The highest BCUT2D eigenvalue weighted by Crippen LogP contribution is 2.24. The van der Waals surface area contributed by atoms with Crippen LogP contribution in [0.2, 0.25) is 0 Å². The Morgan fingerprint density at radius 2 is 1.48 bits per heavy atom. The van der Waals surface area contributed by atoms with Crippen LogP contribution in [0, 0.1) is 5.92 Å². The maximum atomic E-state index is 11.3. The van der Waals surface area contributed by atoms with Gasteiger partial charge in [-0.3, -0.25) is 9.59 Å². The number of nitrogens with two attached hydrogens (primary N) is 2. The fourth-order valence-electron chi connectivity index (χ4n) is 2.84. The van der Waals surface area contributed by atoms with E-state index in [2.05, 4.69) is 5.32 Å². The van der Waals surface area contributed by atoms with E-state index in [1.54, 1.807) is 12.1 Å². The summed E-state index contributed by atoms with van der Waals surface area (Å²) in [5.41, 5.74) is 11.9. The third-order valence-corrected chi connectivity index (χ3v) is 4.07. The van der Waals surface area contributed by atoms with Crippen LogP contribution in [0.1, 0.15) is 59.2 Å². The number of rotatable bonds is 5. The maximum absolute atomic E-state index is 11.3. The Bertz CT molecular complexity index is 488. The van der Waals surface area contributed by atoms with Crippen LogP contribution in [0.25, 0.3) is 0 Å². The van der Waals surface area contributed by atoms with Crippen molar-refractivity contribution in [2.75, 3.05) is 11.9 Å². The highest BCUT2D eigenvalue weighted by Gasteiger charge is 2.13. The van der Waals surface area contributed by atoms with Gasteiger partial charge < -0.3 is 16.8 Å². The number of anilines is 1. The molecule has 5 heteroatoms. The van der Waals surface area contributed by atoms with E-state index in [4.69, 9.17) is 11.5 Å². The predicted octanol–water partition coefficient (Wildman–Crippen LogP) is 2.27. The Kier molecular flexibility index (Phi) is 5.20. The van der Waals surface area contributed by atoms with Gasteiger partial charge in [0.15, 0.2) is 0 Å². The van der Waals surface area contributed by atoms with Crippen LogP contribution in [0.15, 0.2) is 18.2 Å². The molecule has 1 aliphatic rings. The smallest absolute Gasteiger partial charge is 0.248 e. The van der Waals surface area contributed by atoms with Crippen molar-refractivity contribution in [3.63, 3.8) is 0 Å².